The SMILES string of the molecule is Fc1ccc(Nc2ccccc2C=C(Br)Br)cc1. The molecule has 92 valence electrons. The van der Waals surface area contributed by atoms with Crippen molar-refractivity contribution >= 4 is 49.3 Å². The van der Waals surface area contributed by atoms with Crippen molar-refractivity contribution in [2.45, 2.75) is 0 Å². The Balaban J connectivity index is 2.29. The molecule has 18 heavy (non-hydrogen) atoms. The molecule has 0 fully saturated rings. The van der Waals surface area contributed by atoms with Crippen LogP contribution in [0.4, 0.5) is 15.8 Å². The average Bonchev–Trinajstić information content (AvgIpc) is 2.34. The molecule has 4 heteroatoms. The van der Waals surface area contributed by atoms with Crippen molar-refractivity contribution < 1.29 is 4.39 Å². The highest BCUT2D eigenvalue weighted by Crippen LogP contribution is 2.26. The second kappa shape index (κ2) is 6.16. The third-order valence-corrected chi connectivity index (χ3v) is 2.81. The second-order valence-electron chi connectivity index (χ2n) is 3.65. The first kappa shape index (κ1) is 13.3. The second-order valence-corrected chi connectivity index (χ2v) is 6.43. The van der Waals surface area contributed by atoms with Crippen LogP contribution in [0.3, 0.4) is 0 Å². The van der Waals surface area contributed by atoms with Gasteiger partial charge in [0.15, 0.2) is 0 Å². The largest absolute Gasteiger partial charge is 0.355 e. The lowest BCUT2D eigenvalue weighted by molar-refractivity contribution is 0.628. The van der Waals surface area contributed by atoms with Crippen molar-refractivity contribution in [3.8, 4) is 0 Å². The summed E-state index contributed by atoms with van der Waals surface area (Å²) in [6, 6.07) is 14.2. The monoisotopic (exact) mass is 369 g/mol. The molecule has 2 aromatic rings. The van der Waals surface area contributed by atoms with Gasteiger partial charge in [0.2, 0.25) is 0 Å². The quantitative estimate of drug-likeness (QED) is 0.735. The molecule has 2 rings (SSSR count). The molecule has 0 amide bonds. The number of hydrogen-bond donors (Lipinski definition) is 1. The van der Waals surface area contributed by atoms with Gasteiger partial charge in [-0.1, -0.05) is 18.2 Å². The van der Waals surface area contributed by atoms with E-state index in [0.29, 0.717) is 0 Å². The Morgan fingerprint density at radius 3 is 2.33 bits per heavy atom. The van der Waals surface area contributed by atoms with E-state index in [1.165, 1.54) is 12.1 Å². The molecule has 0 radical (unpaired) electrons. The van der Waals surface area contributed by atoms with Gasteiger partial charge < -0.3 is 5.32 Å². The molecule has 0 aliphatic carbocycles. The van der Waals surface area contributed by atoms with Gasteiger partial charge in [-0.2, -0.15) is 0 Å². The summed E-state index contributed by atoms with van der Waals surface area (Å²) in [6.07, 6.45) is 1.95. The third kappa shape index (κ3) is 3.68. The Bertz CT molecular complexity index is 560. The standard InChI is InChI=1S/C14H10Br2FN/c15-14(16)9-10-3-1-2-4-13(10)18-12-7-5-11(17)6-8-12/h1-9,18H. The van der Waals surface area contributed by atoms with Gasteiger partial charge in [0.25, 0.3) is 0 Å². The van der Waals surface area contributed by atoms with Gasteiger partial charge in [-0.3, -0.25) is 0 Å². The van der Waals surface area contributed by atoms with Crippen LogP contribution in [-0.4, -0.2) is 0 Å². The van der Waals surface area contributed by atoms with Crippen molar-refractivity contribution in [1.82, 2.24) is 0 Å². The molecule has 0 atom stereocenters. The molecular formula is C14H10Br2FN. The summed E-state index contributed by atoms with van der Waals surface area (Å²) in [5.41, 5.74) is 2.84. The van der Waals surface area contributed by atoms with Crippen molar-refractivity contribution in [3.05, 3.63) is 63.3 Å². The van der Waals surface area contributed by atoms with Crippen molar-refractivity contribution in [1.29, 1.82) is 0 Å². The summed E-state index contributed by atoms with van der Waals surface area (Å²) in [5, 5.41) is 3.25. The fourth-order valence-corrected chi connectivity index (χ4v) is 2.04. The molecule has 0 unspecified atom stereocenters. The van der Waals surface area contributed by atoms with Crippen molar-refractivity contribution in [3.63, 3.8) is 0 Å². The van der Waals surface area contributed by atoms with Crippen LogP contribution < -0.4 is 5.32 Å². The van der Waals surface area contributed by atoms with Gasteiger partial charge in [0, 0.05) is 11.4 Å². The Kier molecular flexibility index (Phi) is 4.55. The molecule has 1 N–H and O–H groups in total. The van der Waals surface area contributed by atoms with Crippen LogP contribution in [0.25, 0.3) is 6.08 Å². The van der Waals surface area contributed by atoms with E-state index in [1.807, 2.05) is 30.3 Å². The average molecular weight is 371 g/mol. The number of benzene rings is 2. The van der Waals surface area contributed by atoms with E-state index in [4.69, 9.17) is 0 Å². The molecule has 0 aliphatic rings. The van der Waals surface area contributed by atoms with Crippen LogP contribution in [0.15, 0.2) is 51.9 Å². The zero-order chi connectivity index (χ0) is 13.0. The van der Waals surface area contributed by atoms with Crippen LogP contribution in [0.1, 0.15) is 5.56 Å². The Morgan fingerprint density at radius 1 is 1.00 bits per heavy atom. The zero-order valence-corrected chi connectivity index (χ0v) is 12.5. The molecule has 2 aromatic carbocycles. The Labute approximate surface area is 122 Å². The highest BCUT2D eigenvalue weighted by molar-refractivity contribution is 9.28. The van der Waals surface area contributed by atoms with Gasteiger partial charge in [-0.15, -0.1) is 0 Å². The Morgan fingerprint density at radius 2 is 1.67 bits per heavy atom. The number of anilines is 2. The highest BCUT2D eigenvalue weighted by atomic mass is 79.9. The van der Waals surface area contributed by atoms with Crippen LogP contribution >= 0.6 is 31.9 Å². The summed E-state index contributed by atoms with van der Waals surface area (Å²) in [7, 11) is 0. The minimum atomic E-state index is -0.239. The summed E-state index contributed by atoms with van der Waals surface area (Å²) in [5.74, 6) is -0.239. The maximum atomic E-state index is 12.8. The number of rotatable bonds is 3. The minimum Gasteiger partial charge on any atom is -0.355 e. The van der Waals surface area contributed by atoms with Crippen LogP contribution in [-0.2, 0) is 0 Å². The lowest BCUT2D eigenvalue weighted by Gasteiger charge is -2.09. The molecule has 0 saturated carbocycles. The molecule has 0 saturated heterocycles. The van der Waals surface area contributed by atoms with Gasteiger partial charge in [-0.25, -0.2) is 4.39 Å². The summed E-state index contributed by atoms with van der Waals surface area (Å²) in [4.78, 5) is 0. The minimum absolute atomic E-state index is 0.239. The summed E-state index contributed by atoms with van der Waals surface area (Å²) >= 11 is 6.68. The van der Waals surface area contributed by atoms with E-state index in [9.17, 15) is 4.39 Å². The molecule has 1 nitrogen and oxygen atoms in total. The predicted molar refractivity (Wildman–Crippen MR) is 82.0 cm³/mol. The normalized spacial score (nSPS) is 9.94. The predicted octanol–water partition coefficient (Wildman–Crippen LogP) is 5.66. The molecule has 0 aliphatic heterocycles. The molecule has 0 aromatic heterocycles. The topological polar surface area (TPSA) is 12.0 Å². The van der Waals surface area contributed by atoms with Crippen molar-refractivity contribution in [2.75, 3.05) is 5.32 Å². The van der Waals surface area contributed by atoms with Crippen LogP contribution in [0, 0.1) is 5.82 Å². The highest BCUT2D eigenvalue weighted by Gasteiger charge is 2.00. The van der Waals surface area contributed by atoms with Gasteiger partial charge in [0.05, 0.1) is 3.39 Å². The van der Waals surface area contributed by atoms with E-state index < -0.39 is 0 Å². The summed E-state index contributed by atoms with van der Waals surface area (Å²) < 4.78 is 13.7. The van der Waals surface area contributed by atoms with Crippen molar-refractivity contribution in [2.24, 2.45) is 0 Å². The van der Waals surface area contributed by atoms with Gasteiger partial charge in [0.1, 0.15) is 5.82 Å². The molecule has 0 spiro atoms. The third-order valence-electron chi connectivity index (χ3n) is 2.35. The Hall–Kier alpha value is -1.13. The van der Waals surface area contributed by atoms with Crippen LogP contribution in [0.5, 0.6) is 0 Å². The number of halogens is 3. The lowest BCUT2D eigenvalue weighted by Crippen LogP contribution is -1.92. The molecule has 0 bridgehead atoms. The maximum Gasteiger partial charge on any atom is 0.123 e. The zero-order valence-electron chi connectivity index (χ0n) is 9.33. The fourth-order valence-electron chi connectivity index (χ4n) is 1.54. The van der Waals surface area contributed by atoms with Gasteiger partial charge in [-0.05, 0) is 73.8 Å². The van der Waals surface area contributed by atoms with Gasteiger partial charge >= 0.3 is 0 Å². The van der Waals surface area contributed by atoms with E-state index in [0.717, 1.165) is 20.3 Å². The first-order chi connectivity index (χ1) is 8.65. The fraction of sp³-hybridized carbons (Fsp3) is 0. The van der Waals surface area contributed by atoms with E-state index >= 15 is 0 Å². The maximum absolute atomic E-state index is 12.8. The first-order valence-corrected chi connectivity index (χ1v) is 6.88. The number of hydrogen-bond acceptors (Lipinski definition) is 1. The van der Waals surface area contributed by atoms with E-state index in [-0.39, 0.29) is 5.82 Å². The lowest BCUT2D eigenvalue weighted by atomic mass is 10.1. The van der Waals surface area contributed by atoms with E-state index in [2.05, 4.69) is 37.2 Å². The molecular weight excluding hydrogens is 361 g/mol. The van der Waals surface area contributed by atoms with Crippen LogP contribution in [0.2, 0.25) is 0 Å². The first-order valence-electron chi connectivity index (χ1n) is 5.29. The number of para-hydroxylation sites is 1. The molecule has 0 heterocycles. The van der Waals surface area contributed by atoms with E-state index in [1.54, 1.807) is 12.1 Å². The summed E-state index contributed by atoms with van der Waals surface area (Å²) in [6.45, 7) is 0. The number of nitrogens with one attached hydrogen (secondary N) is 1. The smallest absolute Gasteiger partial charge is 0.123 e.